The number of hydrogen-bond donors (Lipinski definition) is 4. The average molecular weight is 545 g/mol. The summed E-state index contributed by atoms with van der Waals surface area (Å²) in [6.45, 7) is 3.44. The third-order valence-electron chi connectivity index (χ3n) is 5.71. The van der Waals surface area contributed by atoms with Crippen molar-refractivity contribution in [3.05, 3.63) is 71.1 Å². The van der Waals surface area contributed by atoms with Crippen molar-refractivity contribution in [2.45, 2.75) is 30.8 Å². The lowest BCUT2D eigenvalue weighted by atomic mass is 10.1. The monoisotopic (exact) mass is 544 g/mol. The molecule has 0 saturated carbocycles. The fraction of sp³-hybridized carbons (Fsp3) is 0.280. The van der Waals surface area contributed by atoms with Gasteiger partial charge in [-0.15, -0.1) is 0 Å². The van der Waals surface area contributed by atoms with Gasteiger partial charge in [0.15, 0.2) is 11.9 Å². The standard InChI is InChI=1S/C25H26ClN5O5S/c1-2-37(35)18-6-7-19(21(14-18)36-17-9-12-27-13-10-17)24(32)29-20-4-3-11-28-23(20)25(33)30-22-8-5-16(26)15-31(22)34/h3-8,11,14-15,17,27,34H,2,9-10,12-13H2,1H3,(H,29,32,33)/p+1. The number of halogens is 1. The highest BCUT2D eigenvalue weighted by molar-refractivity contribution is 7.85. The Hall–Kier alpha value is -3.54. The van der Waals surface area contributed by atoms with Gasteiger partial charge in [-0.2, -0.15) is 0 Å². The topological polar surface area (TPSA) is 134 Å². The molecule has 12 heteroatoms. The van der Waals surface area contributed by atoms with Gasteiger partial charge in [-0.3, -0.25) is 9.00 Å². The average Bonchev–Trinajstić information content (AvgIpc) is 2.90. The Bertz CT molecular complexity index is 1330. The maximum atomic E-state index is 13.4. The summed E-state index contributed by atoms with van der Waals surface area (Å²) in [5.74, 6) is -0.325. The van der Waals surface area contributed by atoms with Crippen LogP contribution < -0.4 is 25.4 Å². The zero-order chi connectivity index (χ0) is 26.4. The van der Waals surface area contributed by atoms with Crippen molar-refractivity contribution in [3.8, 4) is 5.75 Å². The van der Waals surface area contributed by atoms with Crippen molar-refractivity contribution < 1.29 is 28.5 Å². The van der Waals surface area contributed by atoms with Crippen LogP contribution in [0.3, 0.4) is 0 Å². The third kappa shape index (κ3) is 6.62. The van der Waals surface area contributed by atoms with E-state index in [1.165, 1.54) is 24.5 Å². The second-order valence-corrected chi connectivity index (χ2v) is 10.4. The zero-order valence-electron chi connectivity index (χ0n) is 20.1. The van der Waals surface area contributed by atoms with Crippen LogP contribution in [0.5, 0.6) is 5.75 Å². The van der Waals surface area contributed by atoms with Crippen molar-refractivity contribution in [3.63, 3.8) is 0 Å². The summed E-state index contributed by atoms with van der Waals surface area (Å²) in [7, 11) is -1.22. The lowest BCUT2D eigenvalue weighted by molar-refractivity contribution is -0.893. The summed E-state index contributed by atoms with van der Waals surface area (Å²) < 4.78 is 19.3. The van der Waals surface area contributed by atoms with Crippen LogP contribution in [-0.4, -0.2) is 51.2 Å². The number of pyridine rings is 2. The van der Waals surface area contributed by atoms with Crippen molar-refractivity contribution in [1.82, 2.24) is 10.3 Å². The highest BCUT2D eigenvalue weighted by Gasteiger charge is 2.24. The lowest BCUT2D eigenvalue weighted by Crippen LogP contribution is -2.35. The van der Waals surface area contributed by atoms with E-state index in [4.69, 9.17) is 16.3 Å². The Kier molecular flexibility index (Phi) is 8.70. The van der Waals surface area contributed by atoms with E-state index in [1.54, 1.807) is 30.3 Å². The number of benzene rings is 1. The van der Waals surface area contributed by atoms with Crippen LogP contribution in [0.25, 0.3) is 0 Å². The van der Waals surface area contributed by atoms with Gasteiger partial charge in [0.25, 0.3) is 5.91 Å². The largest absolute Gasteiger partial charge is 0.489 e. The summed E-state index contributed by atoms with van der Waals surface area (Å²) >= 11 is 5.84. The van der Waals surface area contributed by atoms with E-state index in [-0.39, 0.29) is 33.9 Å². The Morgan fingerprint density at radius 3 is 2.70 bits per heavy atom. The van der Waals surface area contributed by atoms with E-state index in [1.807, 2.05) is 6.92 Å². The van der Waals surface area contributed by atoms with Crippen LogP contribution in [0, 0.1) is 0 Å². The first-order valence-electron chi connectivity index (χ1n) is 11.7. The minimum Gasteiger partial charge on any atom is -0.489 e. The molecule has 1 aliphatic rings. The minimum absolute atomic E-state index is 0.0599. The molecule has 1 aromatic carbocycles. The number of anilines is 2. The van der Waals surface area contributed by atoms with Gasteiger partial charge in [0.2, 0.25) is 0 Å². The van der Waals surface area contributed by atoms with Gasteiger partial charge in [-0.1, -0.05) is 23.3 Å². The second kappa shape index (κ2) is 12.1. The number of carbonyl (C=O) groups excluding carboxylic acids is 2. The molecule has 37 heavy (non-hydrogen) atoms. The molecule has 10 nitrogen and oxygen atoms in total. The first kappa shape index (κ1) is 26.5. The van der Waals surface area contributed by atoms with Crippen LogP contribution in [0.2, 0.25) is 5.02 Å². The molecule has 1 aliphatic heterocycles. The number of amides is 2. The molecule has 3 heterocycles. The summed E-state index contributed by atoms with van der Waals surface area (Å²) in [5.41, 5.74) is 0.351. The lowest BCUT2D eigenvalue weighted by Gasteiger charge is -2.25. The van der Waals surface area contributed by atoms with Crippen LogP contribution >= 0.6 is 11.6 Å². The molecule has 0 aliphatic carbocycles. The minimum atomic E-state index is -1.22. The Balaban J connectivity index is 1.59. The van der Waals surface area contributed by atoms with Crippen molar-refractivity contribution in [2.24, 2.45) is 0 Å². The number of piperidine rings is 1. The number of ether oxygens (including phenoxy) is 1. The van der Waals surface area contributed by atoms with Crippen molar-refractivity contribution in [2.75, 3.05) is 29.5 Å². The van der Waals surface area contributed by atoms with E-state index in [0.29, 0.717) is 21.1 Å². The first-order chi connectivity index (χ1) is 17.9. The van der Waals surface area contributed by atoms with E-state index in [2.05, 4.69) is 20.9 Å². The maximum Gasteiger partial charge on any atom is 0.359 e. The molecular formula is C25H27ClN5O5S+. The van der Waals surface area contributed by atoms with E-state index >= 15 is 0 Å². The van der Waals surface area contributed by atoms with E-state index in [0.717, 1.165) is 25.9 Å². The second-order valence-electron chi connectivity index (χ2n) is 8.24. The van der Waals surface area contributed by atoms with Gasteiger partial charge in [-0.05, 0) is 62.3 Å². The van der Waals surface area contributed by atoms with Crippen molar-refractivity contribution >= 4 is 45.7 Å². The SMILES string of the molecule is CCS(=O)c1ccc(C(=O)Nc2cccnc2C(=O)Nc2ccc(Cl)c[n+]2O)c(OC2CCNCC2)c1. The summed E-state index contributed by atoms with van der Waals surface area (Å²) in [6.07, 6.45) is 4.12. The molecule has 1 fully saturated rings. The van der Waals surface area contributed by atoms with E-state index in [9.17, 15) is 19.0 Å². The Labute approximate surface area is 221 Å². The van der Waals surface area contributed by atoms with Gasteiger partial charge in [-0.25, -0.2) is 15.1 Å². The molecule has 0 bridgehead atoms. The molecule has 0 spiro atoms. The molecule has 1 unspecified atom stereocenters. The third-order valence-corrected chi connectivity index (χ3v) is 7.24. The number of carbonyl (C=O) groups is 2. The number of nitrogens with zero attached hydrogens (tertiary/aromatic N) is 2. The highest BCUT2D eigenvalue weighted by Crippen LogP contribution is 2.27. The molecule has 4 N–H and O–H groups in total. The first-order valence-corrected chi connectivity index (χ1v) is 13.4. The van der Waals surface area contributed by atoms with E-state index < -0.39 is 22.6 Å². The number of nitrogens with one attached hydrogen (secondary N) is 3. The molecule has 3 aromatic rings. The van der Waals surface area contributed by atoms with Crippen LogP contribution in [0.15, 0.2) is 59.8 Å². The molecule has 2 aromatic heterocycles. The molecule has 194 valence electrons. The van der Waals surface area contributed by atoms with Crippen LogP contribution in [0.1, 0.15) is 40.6 Å². The summed E-state index contributed by atoms with van der Waals surface area (Å²) in [5, 5.41) is 18.8. The van der Waals surface area contributed by atoms with Gasteiger partial charge >= 0.3 is 11.7 Å². The molecule has 1 atom stereocenters. The summed E-state index contributed by atoms with van der Waals surface area (Å²) in [6, 6.07) is 10.9. The predicted octanol–water partition coefficient (Wildman–Crippen LogP) is 3.02. The fourth-order valence-electron chi connectivity index (χ4n) is 3.80. The maximum absolute atomic E-state index is 13.4. The normalized spacial score (nSPS) is 14.5. The Morgan fingerprint density at radius 2 is 1.97 bits per heavy atom. The van der Waals surface area contributed by atoms with Crippen LogP contribution in [0.4, 0.5) is 11.5 Å². The number of hydrogen-bond acceptors (Lipinski definition) is 7. The molecule has 4 rings (SSSR count). The number of aromatic nitrogens is 2. The molecule has 2 amide bonds. The molecule has 0 radical (unpaired) electrons. The van der Waals surface area contributed by atoms with Crippen LogP contribution in [-0.2, 0) is 10.8 Å². The van der Waals surface area contributed by atoms with Gasteiger partial charge in [0, 0.05) is 22.9 Å². The van der Waals surface area contributed by atoms with Crippen molar-refractivity contribution in [1.29, 1.82) is 0 Å². The molecule has 1 saturated heterocycles. The highest BCUT2D eigenvalue weighted by atomic mass is 35.5. The quantitative estimate of drug-likeness (QED) is 0.253. The summed E-state index contributed by atoms with van der Waals surface area (Å²) in [4.78, 5) is 31.0. The fourth-order valence-corrected chi connectivity index (χ4v) is 4.75. The van der Waals surface area contributed by atoms with Gasteiger partial charge in [0.05, 0.1) is 27.1 Å². The smallest absolute Gasteiger partial charge is 0.359 e. The Morgan fingerprint density at radius 1 is 1.19 bits per heavy atom. The van der Waals surface area contributed by atoms with Gasteiger partial charge in [0.1, 0.15) is 11.9 Å². The zero-order valence-corrected chi connectivity index (χ0v) is 21.6. The molecular weight excluding hydrogens is 518 g/mol. The van der Waals surface area contributed by atoms with Gasteiger partial charge < -0.3 is 20.6 Å². The number of rotatable bonds is 8. The predicted molar refractivity (Wildman–Crippen MR) is 139 cm³/mol.